The highest BCUT2D eigenvalue weighted by molar-refractivity contribution is 5.15. The summed E-state index contributed by atoms with van der Waals surface area (Å²) >= 11 is 0. The molecule has 2 N–H and O–H groups in total. The Morgan fingerprint density at radius 3 is 2.56 bits per heavy atom. The Morgan fingerprint density at radius 2 is 2.00 bits per heavy atom. The quantitative estimate of drug-likeness (QED) is 0.730. The van der Waals surface area contributed by atoms with Crippen LogP contribution in [0.25, 0.3) is 0 Å². The molecule has 0 radical (unpaired) electrons. The van der Waals surface area contributed by atoms with Crippen LogP contribution in [0.3, 0.4) is 0 Å². The number of aliphatic hydroxyl groups is 1. The Balaban J connectivity index is 2.44. The second-order valence-corrected chi connectivity index (χ2v) is 4.10. The molecular weight excluding hydrogens is 202 g/mol. The summed E-state index contributed by atoms with van der Waals surface area (Å²) in [5, 5.41) is 12.5. The molecule has 0 aliphatic heterocycles. The van der Waals surface area contributed by atoms with Gasteiger partial charge in [0.1, 0.15) is 0 Å². The van der Waals surface area contributed by atoms with E-state index in [-0.39, 0.29) is 12.1 Å². The van der Waals surface area contributed by atoms with Crippen LogP contribution in [0.5, 0.6) is 0 Å². The van der Waals surface area contributed by atoms with Crippen molar-refractivity contribution in [2.45, 2.75) is 25.5 Å². The Labute approximate surface area is 97.4 Å². The average molecular weight is 223 g/mol. The van der Waals surface area contributed by atoms with Gasteiger partial charge in [-0.3, -0.25) is 0 Å². The third kappa shape index (κ3) is 5.26. The van der Waals surface area contributed by atoms with Gasteiger partial charge in [0.05, 0.1) is 12.7 Å². The fourth-order valence-electron chi connectivity index (χ4n) is 1.63. The topological polar surface area (TPSA) is 41.5 Å². The minimum atomic E-state index is -0.324. The molecule has 0 aliphatic carbocycles. The van der Waals surface area contributed by atoms with E-state index in [0.29, 0.717) is 13.2 Å². The highest BCUT2D eigenvalue weighted by Crippen LogP contribution is 2.03. The summed E-state index contributed by atoms with van der Waals surface area (Å²) in [5.41, 5.74) is 1.28. The molecule has 90 valence electrons. The predicted molar refractivity (Wildman–Crippen MR) is 65.5 cm³/mol. The van der Waals surface area contributed by atoms with Crippen molar-refractivity contribution in [3.05, 3.63) is 35.9 Å². The van der Waals surface area contributed by atoms with Crippen molar-refractivity contribution in [3.8, 4) is 0 Å². The molecule has 1 aromatic rings. The van der Waals surface area contributed by atoms with E-state index in [4.69, 9.17) is 4.74 Å². The highest BCUT2D eigenvalue weighted by atomic mass is 16.5. The van der Waals surface area contributed by atoms with Crippen LogP contribution in [0.2, 0.25) is 0 Å². The van der Waals surface area contributed by atoms with E-state index in [1.165, 1.54) is 5.56 Å². The number of nitrogens with one attached hydrogen (secondary N) is 1. The third-order valence-corrected chi connectivity index (χ3v) is 2.39. The zero-order valence-corrected chi connectivity index (χ0v) is 10.0. The Morgan fingerprint density at radius 1 is 1.31 bits per heavy atom. The van der Waals surface area contributed by atoms with Crippen LogP contribution < -0.4 is 5.32 Å². The van der Waals surface area contributed by atoms with Crippen molar-refractivity contribution in [1.29, 1.82) is 0 Å². The van der Waals surface area contributed by atoms with E-state index in [0.717, 1.165) is 6.42 Å². The average Bonchev–Trinajstić information content (AvgIpc) is 2.27. The SMILES string of the molecule is COCC(Cc1ccccc1)NC[C@H](C)O. The summed E-state index contributed by atoms with van der Waals surface area (Å²) in [7, 11) is 1.70. The number of rotatable bonds is 7. The molecule has 0 saturated carbocycles. The van der Waals surface area contributed by atoms with Crippen molar-refractivity contribution >= 4 is 0 Å². The van der Waals surface area contributed by atoms with E-state index >= 15 is 0 Å². The van der Waals surface area contributed by atoms with Crippen molar-refractivity contribution < 1.29 is 9.84 Å². The van der Waals surface area contributed by atoms with Gasteiger partial charge in [0.15, 0.2) is 0 Å². The van der Waals surface area contributed by atoms with Gasteiger partial charge in [-0.2, -0.15) is 0 Å². The normalized spacial score (nSPS) is 14.7. The fourth-order valence-corrected chi connectivity index (χ4v) is 1.63. The highest BCUT2D eigenvalue weighted by Gasteiger charge is 2.09. The van der Waals surface area contributed by atoms with Crippen LogP contribution in [0.15, 0.2) is 30.3 Å². The molecule has 3 nitrogen and oxygen atoms in total. The lowest BCUT2D eigenvalue weighted by molar-refractivity contribution is 0.145. The Hall–Kier alpha value is -0.900. The molecule has 1 aromatic carbocycles. The molecule has 1 rings (SSSR count). The summed E-state index contributed by atoms with van der Waals surface area (Å²) in [6.07, 6.45) is 0.594. The Bertz CT molecular complexity index is 275. The number of benzene rings is 1. The summed E-state index contributed by atoms with van der Waals surface area (Å²) in [4.78, 5) is 0. The van der Waals surface area contributed by atoms with Crippen molar-refractivity contribution in [2.75, 3.05) is 20.3 Å². The van der Waals surface area contributed by atoms with Gasteiger partial charge >= 0.3 is 0 Å². The van der Waals surface area contributed by atoms with E-state index in [1.807, 2.05) is 18.2 Å². The van der Waals surface area contributed by atoms with E-state index in [2.05, 4.69) is 17.4 Å². The molecule has 0 fully saturated rings. The zero-order valence-electron chi connectivity index (χ0n) is 10.0. The summed E-state index contributed by atoms with van der Waals surface area (Å²) in [6.45, 7) is 3.03. The smallest absolute Gasteiger partial charge is 0.0636 e. The summed E-state index contributed by atoms with van der Waals surface area (Å²) in [6, 6.07) is 10.5. The first-order valence-electron chi connectivity index (χ1n) is 5.66. The number of aliphatic hydroxyl groups excluding tert-OH is 1. The van der Waals surface area contributed by atoms with Crippen molar-refractivity contribution in [1.82, 2.24) is 5.32 Å². The van der Waals surface area contributed by atoms with E-state index in [1.54, 1.807) is 14.0 Å². The van der Waals surface area contributed by atoms with Gasteiger partial charge in [-0.05, 0) is 18.9 Å². The molecule has 2 atom stereocenters. The van der Waals surface area contributed by atoms with Gasteiger partial charge in [-0.25, -0.2) is 0 Å². The van der Waals surface area contributed by atoms with Crippen LogP contribution in [0.1, 0.15) is 12.5 Å². The van der Waals surface area contributed by atoms with Crippen LogP contribution in [0.4, 0.5) is 0 Å². The lowest BCUT2D eigenvalue weighted by atomic mass is 10.1. The lowest BCUT2D eigenvalue weighted by Crippen LogP contribution is -2.39. The standard InChI is InChI=1S/C13H21NO2/c1-11(15)9-14-13(10-16-2)8-12-6-4-3-5-7-12/h3-7,11,13-15H,8-10H2,1-2H3/t11-,13?/m0/s1. The van der Waals surface area contributed by atoms with Crippen molar-refractivity contribution in [2.24, 2.45) is 0 Å². The van der Waals surface area contributed by atoms with Crippen molar-refractivity contribution in [3.63, 3.8) is 0 Å². The molecule has 3 heteroatoms. The second-order valence-electron chi connectivity index (χ2n) is 4.10. The third-order valence-electron chi connectivity index (χ3n) is 2.39. The first-order valence-corrected chi connectivity index (χ1v) is 5.66. The first kappa shape index (κ1) is 13.2. The predicted octanol–water partition coefficient (Wildman–Crippen LogP) is 1.21. The maximum Gasteiger partial charge on any atom is 0.0636 e. The molecule has 0 saturated heterocycles. The van der Waals surface area contributed by atoms with Gasteiger partial charge < -0.3 is 15.2 Å². The van der Waals surface area contributed by atoms with Gasteiger partial charge in [-0.1, -0.05) is 30.3 Å². The molecule has 0 heterocycles. The maximum absolute atomic E-state index is 9.23. The molecule has 0 aliphatic rings. The van der Waals surface area contributed by atoms with E-state index in [9.17, 15) is 5.11 Å². The van der Waals surface area contributed by atoms with E-state index < -0.39 is 0 Å². The summed E-state index contributed by atoms with van der Waals surface area (Å²) in [5.74, 6) is 0. The second kappa shape index (κ2) is 7.39. The molecule has 0 bridgehead atoms. The maximum atomic E-state index is 9.23. The number of ether oxygens (including phenoxy) is 1. The van der Waals surface area contributed by atoms with Crippen LogP contribution in [0, 0.1) is 0 Å². The van der Waals surface area contributed by atoms with Gasteiger partial charge in [0, 0.05) is 19.7 Å². The molecule has 0 aromatic heterocycles. The van der Waals surface area contributed by atoms with Crippen LogP contribution in [-0.4, -0.2) is 37.5 Å². The fraction of sp³-hybridized carbons (Fsp3) is 0.538. The Kier molecular flexibility index (Phi) is 6.08. The largest absolute Gasteiger partial charge is 0.392 e. The summed E-state index contributed by atoms with van der Waals surface area (Å²) < 4.78 is 5.16. The van der Waals surface area contributed by atoms with Crippen LogP contribution in [-0.2, 0) is 11.2 Å². The lowest BCUT2D eigenvalue weighted by Gasteiger charge is -2.19. The number of hydrogen-bond donors (Lipinski definition) is 2. The molecule has 1 unspecified atom stereocenters. The first-order chi connectivity index (χ1) is 7.72. The zero-order chi connectivity index (χ0) is 11.8. The minimum absolute atomic E-state index is 0.252. The molecular formula is C13H21NO2. The van der Waals surface area contributed by atoms with Gasteiger partial charge in [0.2, 0.25) is 0 Å². The minimum Gasteiger partial charge on any atom is -0.392 e. The number of hydrogen-bond acceptors (Lipinski definition) is 3. The van der Waals surface area contributed by atoms with Crippen LogP contribution >= 0.6 is 0 Å². The molecule has 0 amide bonds. The number of methoxy groups -OCH3 is 1. The monoisotopic (exact) mass is 223 g/mol. The van der Waals surface area contributed by atoms with Gasteiger partial charge in [-0.15, -0.1) is 0 Å². The molecule has 16 heavy (non-hydrogen) atoms. The molecule has 0 spiro atoms. The van der Waals surface area contributed by atoms with Gasteiger partial charge in [0.25, 0.3) is 0 Å².